The largest absolute Gasteiger partial charge is 0.481 e. The Kier molecular flexibility index (Phi) is 29.4. The summed E-state index contributed by atoms with van der Waals surface area (Å²) in [6.07, 6.45) is 43.1. The minimum Gasteiger partial charge on any atom is -0.481 e. The Bertz CT molecular complexity index is 767. The second kappa shape index (κ2) is 30.9. The van der Waals surface area contributed by atoms with Gasteiger partial charge in [0.2, 0.25) is 0 Å². The van der Waals surface area contributed by atoms with Gasteiger partial charge in [-0.15, -0.1) is 13.2 Å². The molecule has 0 aliphatic heterocycles. The Hall–Kier alpha value is -2.10. The zero-order valence-electron chi connectivity index (χ0n) is 28.8. The SMILES string of the molecule is C=CC(CCCCCCCCCCCCCCCCC(C=C)(CCCCCC/C=C\C/C=C\CCCCC)C(=O)O)C(=O)O. The van der Waals surface area contributed by atoms with Crippen LogP contribution in [0.4, 0.5) is 0 Å². The summed E-state index contributed by atoms with van der Waals surface area (Å²) in [6, 6.07) is 0. The molecule has 44 heavy (non-hydrogen) atoms. The number of carboxylic acids is 2. The lowest BCUT2D eigenvalue weighted by atomic mass is 9.78. The van der Waals surface area contributed by atoms with E-state index >= 15 is 0 Å². The lowest BCUT2D eigenvalue weighted by molar-refractivity contribution is -0.147. The maximum absolute atomic E-state index is 12.1. The summed E-state index contributed by atoms with van der Waals surface area (Å²) >= 11 is 0. The summed E-state index contributed by atoms with van der Waals surface area (Å²) in [5, 5.41) is 19.0. The number of carboxylic acid groups (broad SMARTS) is 2. The van der Waals surface area contributed by atoms with Crippen LogP contribution in [0.15, 0.2) is 49.6 Å². The van der Waals surface area contributed by atoms with E-state index in [2.05, 4.69) is 44.4 Å². The smallest absolute Gasteiger partial charge is 0.313 e. The number of hydrogen-bond donors (Lipinski definition) is 2. The Morgan fingerprint density at radius 3 is 1.39 bits per heavy atom. The van der Waals surface area contributed by atoms with E-state index in [9.17, 15) is 14.7 Å². The molecular weight excluding hydrogens is 544 g/mol. The summed E-state index contributed by atoms with van der Waals surface area (Å²) in [5.74, 6) is -1.84. The molecule has 0 aromatic rings. The van der Waals surface area contributed by atoms with Gasteiger partial charge in [-0.2, -0.15) is 0 Å². The second-order valence-electron chi connectivity index (χ2n) is 13.0. The molecule has 2 N–H and O–H groups in total. The van der Waals surface area contributed by atoms with E-state index in [0.717, 1.165) is 64.2 Å². The number of rotatable bonds is 34. The van der Waals surface area contributed by atoms with Crippen molar-refractivity contribution in [2.75, 3.05) is 0 Å². The van der Waals surface area contributed by atoms with Gasteiger partial charge in [0, 0.05) is 0 Å². The number of hydrogen-bond acceptors (Lipinski definition) is 2. The first-order valence-electron chi connectivity index (χ1n) is 18.5. The van der Waals surface area contributed by atoms with Gasteiger partial charge < -0.3 is 10.2 Å². The Balaban J connectivity index is 3.76. The van der Waals surface area contributed by atoms with Crippen molar-refractivity contribution in [1.82, 2.24) is 0 Å². The molecule has 0 rings (SSSR count). The molecule has 0 spiro atoms. The highest BCUT2D eigenvalue weighted by Gasteiger charge is 2.33. The average molecular weight is 615 g/mol. The molecule has 0 fully saturated rings. The monoisotopic (exact) mass is 615 g/mol. The molecular formula is C40H70O4. The molecule has 0 saturated carbocycles. The van der Waals surface area contributed by atoms with Crippen molar-refractivity contribution >= 4 is 11.9 Å². The van der Waals surface area contributed by atoms with E-state index in [-0.39, 0.29) is 5.92 Å². The van der Waals surface area contributed by atoms with E-state index in [1.54, 1.807) is 12.2 Å². The molecule has 0 saturated heterocycles. The quantitative estimate of drug-likeness (QED) is 0.0558. The van der Waals surface area contributed by atoms with Crippen molar-refractivity contribution in [3.05, 3.63) is 49.6 Å². The summed E-state index contributed by atoms with van der Waals surface area (Å²) in [6.45, 7) is 9.78. The topological polar surface area (TPSA) is 74.6 Å². The standard InChI is InChI=1S/C40H70O4/c1-4-7-8-9-10-11-12-13-17-20-23-26-29-32-35-40(6-3,39(43)44)36-33-30-27-24-21-18-15-14-16-19-22-25-28-31-34-37(5-2)38(41)42/h5-6,10-11,13,17,37H,2-4,7-9,12,14-16,18-36H2,1H3,(H,41,42)(H,43,44)/b11-10-,17-13-. The lowest BCUT2D eigenvalue weighted by Gasteiger charge is -2.26. The van der Waals surface area contributed by atoms with Crippen LogP contribution in [-0.4, -0.2) is 22.2 Å². The number of aliphatic carboxylic acids is 2. The third-order valence-corrected chi connectivity index (χ3v) is 9.13. The number of carbonyl (C=O) groups is 2. The van der Waals surface area contributed by atoms with Gasteiger partial charge in [-0.3, -0.25) is 9.59 Å². The average Bonchev–Trinajstić information content (AvgIpc) is 3.01. The zero-order valence-corrected chi connectivity index (χ0v) is 28.8. The predicted octanol–water partition coefficient (Wildman–Crippen LogP) is 12.8. The molecule has 2 atom stereocenters. The van der Waals surface area contributed by atoms with Gasteiger partial charge in [-0.25, -0.2) is 0 Å². The van der Waals surface area contributed by atoms with Crippen molar-refractivity contribution < 1.29 is 19.8 Å². The van der Waals surface area contributed by atoms with E-state index in [4.69, 9.17) is 5.11 Å². The van der Waals surface area contributed by atoms with Gasteiger partial charge in [0.1, 0.15) is 0 Å². The fourth-order valence-corrected chi connectivity index (χ4v) is 5.97. The first-order valence-corrected chi connectivity index (χ1v) is 18.5. The third kappa shape index (κ3) is 24.2. The van der Waals surface area contributed by atoms with Crippen LogP contribution >= 0.6 is 0 Å². The van der Waals surface area contributed by atoms with E-state index in [1.165, 1.54) is 96.3 Å². The molecule has 2 unspecified atom stereocenters. The highest BCUT2D eigenvalue weighted by Crippen LogP contribution is 2.33. The summed E-state index contributed by atoms with van der Waals surface area (Å²) < 4.78 is 0. The number of allylic oxidation sites excluding steroid dienone is 4. The third-order valence-electron chi connectivity index (χ3n) is 9.13. The van der Waals surface area contributed by atoms with Crippen LogP contribution in [0.5, 0.6) is 0 Å². The Morgan fingerprint density at radius 1 is 0.591 bits per heavy atom. The molecule has 0 radical (unpaired) electrons. The molecule has 0 aliphatic carbocycles. The molecule has 0 aliphatic rings. The minimum absolute atomic E-state index is 0.388. The van der Waals surface area contributed by atoms with Gasteiger partial charge in [0.05, 0.1) is 11.3 Å². The van der Waals surface area contributed by atoms with Crippen molar-refractivity contribution in [3.8, 4) is 0 Å². The van der Waals surface area contributed by atoms with Crippen molar-refractivity contribution in [3.63, 3.8) is 0 Å². The van der Waals surface area contributed by atoms with Crippen molar-refractivity contribution in [2.24, 2.45) is 11.3 Å². The van der Waals surface area contributed by atoms with Crippen LogP contribution in [0.25, 0.3) is 0 Å². The van der Waals surface area contributed by atoms with Crippen molar-refractivity contribution in [2.45, 2.75) is 180 Å². The molecule has 0 amide bonds. The number of unbranched alkanes of at least 4 members (excludes halogenated alkanes) is 20. The van der Waals surface area contributed by atoms with Crippen molar-refractivity contribution in [1.29, 1.82) is 0 Å². The van der Waals surface area contributed by atoms with E-state index in [1.807, 2.05) is 0 Å². The first-order chi connectivity index (χ1) is 21.4. The van der Waals surface area contributed by atoms with Gasteiger partial charge in [-0.1, -0.05) is 165 Å². The van der Waals surface area contributed by atoms with Gasteiger partial charge in [0.25, 0.3) is 0 Å². The molecule has 0 bridgehead atoms. The maximum Gasteiger partial charge on any atom is 0.313 e. The highest BCUT2D eigenvalue weighted by molar-refractivity contribution is 5.76. The Labute approximate surface area is 272 Å². The zero-order chi connectivity index (χ0) is 32.6. The molecule has 0 heterocycles. The molecule has 254 valence electrons. The van der Waals surface area contributed by atoms with Crippen LogP contribution in [0, 0.1) is 11.3 Å². The van der Waals surface area contributed by atoms with Gasteiger partial charge >= 0.3 is 11.9 Å². The lowest BCUT2D eigenvalue weighted by Crippen LogP contribution is -2.28. The van der Waals surface area contributed by atoms with Gasteiger partial charge in [-0.05, 0) is 51.4 Å². The molecule has 0 aromatic heterocycles. The van der Waals surface area contributed by atoms with Crippen LogP contribution in [0.1, 0.15) is 180 Å². The van der Waals surface area contributed by atoms with E-state index < -0.39 is 17.4 Å². The minimum atomic E-state index is -0.754. The van der Waals surface area contributed by atoms with E-state index in [0.29, 0.717) is 12.8 Å². The fourth-order valence-electron chi connectivity index (χ4n) is 5.97. The highest BCUT2D eigenvalue weighted by atomic mass is 16.4. The van der Waals surface area contributed by atoms with Crippen LogP contribution in [-0.2, 0) is 9.59 Å². The predicted molar refractivity (Wildman–Crippen MR) is 190 cm³/mol. The van der Waals surface area contributed by atoms with Crippen LogP contribution in [0.3, 0.4) is 0 Å². The summed E-state index contributed by atoms with van der Waals surface area (Å²) in [5.41, 5.74) is -0.754. The van der Waals surface area contributed by atoms with Crippen LogP contribution in [0.2, 0.25) is 0 Å². The fraction of sp³-hybridized carbons (Fsp3) is 0.750. The van der Waals surface area contributed by atoms with Crippen LogP contribution < -0.4 is 0 Å². The summed E-state index contributed by atoms with van der Waals surface area (Å²) in [4.78, 5) is 23.1. The normalized spacial score (nSPS) is 13.8. The summed E-state index contributed by atoms with van der Waals surface area (Å²) in [7, 11) is 0. The molecule has 4 nitrogen and oxygen atoms in total. The van der Waals surface area contributed by atoms with Gasteiger partial charge in [0.15, 0.2) is 0 Å². The second-order valence-corrected chi connectivity index (χ2v) is 13.0. The molecule has 4 heteroatoms. The Morgan fingerprint density at radius 2 is 1.00 bits per heavy atom. The first kappa shape index (κ1) is 41.9. The maximum atomic E-state index is 12.1. The molecule has 0 aromatic carbocycles.